The van der Waals surface area contributed by atoms with Crippen molar-refractivity contribution in [3.63, 3.8) is 0 Å². The number of nitrogens with zero attached hydrogens (tertiary/aromatic N) is 1. The van der Waals surface area contributed by atoms with Crippen LogP contribution in [0.1, 0.15) is 45.2 Å². The molecule has 0 amide bonds. The molecule has 0 spiro atoms. The van der Waals surface area contributed by atoms with E-state index in [0.29, 0.717) is 11.8 Å². The Kier molecular flexibility index (Phi) is 5.06. The number of ether oxygens (including phenoxy) is 1. The first kappa shape index (κ1) is 18.6. The summed E-state index contributed by atoms with van der Waals surface area (Å²) < 4.78 is 5.49. The van der Waals surface area contributed by atoms with Gasteiger partial charge >= 0.3 is 0 Å². The van der Waals surface area contributed by atoms with E-state index < -0.39 is 0 Å². The highest BCUT2D eigenvalue weighted by Gasteiger charge is 2.55. The van der Waals surface area contributed by atoms with Gasteiger partial charge in [-0.05, 0) is 55.0 Å². The van der Waals surface area contributed by atoms with Crippen LogP contribution in [0, 0.1) is 5.41 Å². The number of halogens is 1. The van der Waals surface area contributed by atoms with Gasteiger partial charge < -0.3 is 9.84 Å². The summed E-state index contributed by atoms with van der Waals surface area (Å²) in [6.45, 7) is 11.5. The van der Waals surface area contributed by atoms with Crippen molar-refractivity contribution in [3.05, 3.63) is 29.3 Å². The molecule has 2 aliphatic rings. The van der Waals surface area contributed by atoms with Gasteiger partial charge in [0.25, 0.3) is 0 Å². The molecule has 3 rings (SSSR count). The third kappa shape index (κ3) is 2.77. The van der Waals surface area contributed by atoms with Crippen molar-refractivity contribution in [2.45, 2.75) is 58.1 Å². The van der Waals surface area contributed by atoms with Crippen LogP contribution in [0.4, 0.5) is 0 Å². The van der Waals surface area contributed by atoms with Crippen LogP contribution in [0.25, 0.3) is 0 Å². The SMILES string of the molecule is COC(C)CN1CCC2(C)c3ccc(O)cc3CC1C2(C)C.Cl. The summed E-state index contributed by atoms with van der Waals surface area (Å²) in [7, 11) is 1.79. The fourth-order valence-corrected chi connectivity index (χ4v) is 4.65. The van der Waals surface area contributed by atoms with Gasteiger partial charge in [0.1, 0.15) is 5.75 Å². The number of benzene rings is 1. The molecular weight excluding hydrogens is 310 g/mol. The molecule has 0 aromatic heterocycles. The van der Waals surface area contributed by atoms with E-state index in [9.17, 15) is 5.11 Å². The Hall–Kier alpha value is -0.770. The number of phenols is 1. The lowest BCUT2D eigenvalue weighted by Crippen LogP contribution is -2.64. The quantitative estimate of drug-likeness (QED) is 0.910. The average Bonchev–Trinajstić information content (AvgIpc) is 2.45. The molecule has 0 radical (unpaired) electrons. The van der Waals surface area contributed by atoms with Crippen molar-refractivity contribution in [3.8, 4) is 5.75 Å². The highest BCUT2D eigenvalue weighted by atomic mass is 35.5. The maximum atomic E-state index is 9.88. The highest BCUT2D eigenvalue weighted by molar-refractivity contribution is 5.85. The zero-order valence-electron chi connectivity index (χ0n) is 14.9. The van der Waals surface area contributed by atoms with Crippen LogP contribution < -0.4 is 0 Å². The number of fused-ring (bicyclic) bond motifs is 4. The number of methoxy groups -OCH3 is 1. The maximum Gasteiger partial charge on any atom is 0.115 e. The monoisotopic (exact) mass is 339 g/mol. The van der Waals surface area contributed by atoms with Crippen LogP contribution in [0.2, 0.25) is 0 Å². The van der Waals surface area contributed by atoms with E-state index in [1.54, 1.807) is 7.11 Å². The van der Waals surface area contributed by atoms with Crippen LogP contribution in [0.3, 0.4) is 0 Å². The van der Waals surface area contributed by atoms with E-state index in [1.807, 2.05) is 12.1 Å². The van der Waals surface area contributed by atoms with Crippen LogP contribution >= 0.6 is 12.4 Å². The van der Waals surface area contributed by atoms with Crippen molar-refractivity contribution in [1.29, 1.82) is 0 Å². The van der Waals surface area contributed by atoms with Gasteiger partial charge in [-0.2, -0.15) is 0 Å². The summed E-state index contributed by atoms with van der Waals surface area (Å²) in [5.41, 5.74) is 3.14. The number of piperidine rings is 1. The lowest BCUT2D eigenvalue weighted by atomic mass is 9.51. The van der Waals surface area contributed by atoms with Gasteiger partial charge in [-0.1, -0.05) is 26.8 Å². The number of hydrogen-bond acceptors (Lipinski definition) is 3. The molecule has 4 heteroatoms. The zero-order chi connectivity index (χ0) is 16.1. The molecule has 1 heterocycles. The van der Waals surface area contributed by atoms with E-state index in [-0.39, 0.29) is 29.3 Å². The van der Waals surface area contributed by atoms with Crippen molar-refractivity contribution in [2.24, 2.45) is 5.41 Å². The molecule has 2 bridgehead atoms. The third-order valence-electron chi connectivity index (χ3n) is 6.59. The topological polar surface area (TPSA) is 32.7 Å². The summed E-state index contributed by atoms with van der Waals surface area (Å²) in [6, 6.07) is 6.47. The Balaban J connectivity index is 0.00000192. The Morgan fingerprint density at radius 1 is 1.35 bits per heavy atom. The Bertz CT molecular complexity index is 574. The summed E-state index contributed by atoms with van der Waals surface area (Å²) >= 11 is 0. The van der Waals surface area contributed by atoms with Gasteiger partial charge in [-0.25, -0.2) is 0 Å². The van der Waals surface area contributed by atoms with Gasteiger partial charge in [-0.15, -0.1) is 12.4 Å². The minimum Gasteiger partial charge on any atom is -0.508 e. The number of hydrogen-bond donors (Lipinski definition) is 1. The fourth-order valence-electron chi connectivity index (χ4n) is 4.65. The van der Waals surface area contributed by atoms with Crippen molar-refractivity contribution in [2.75, 3.05) is 20.2 Å². The summed E-state index contributed by atoms with van der Waals surface area (Å²) in [5.74, 6) is 0.386. The number of phenolic OH excluding ortho intramolecular Hbond substituents is 1. The van der Waals surface area contributed by atoms with Crippen molar-refractivity contribution >= 4 is 12.4 Å². The highest BCUT2D eigenvalue weighted by Crippen LogP contribution is 2.56. The maximum absolute atomic E-state index is 9.88. The normalized spacial score (nSPS) is 30.2. The smallest absolute Gasteiger partial charge is 0.115 e. The van der Waals surface area contributed by atoms with Gasteiger partial charge in [0.05, 0.1) is 6.10 Å². The van der Waals surface area contributed by atoms with Gasteiger partial charge in [0, 0.05) is 25.1 Å². The Morgan fingerprint density at radius 2 is 2.04 bits per heavy atom. The largest absolute Gasteiger partial charge is 0.508 e. The summed E-state index contributed by atoms with van der Waals surface area (Å²) in [5, 5.41) is 9.88. The van der Waals surface area contributed by atoms with Gasteiger partial charge in [0.2, 0.25) is 0 Å². The molecular formula is C19H30ClNO2. The minimum atomic E-state index is 0. The molecule has 0 saturated carbocycles. The molecule has 3 nitrogen and oxygen atoms in total. The lowest BCUT2D eigenvalue weighted by Gasteiger charge is -2.61. The van der Waals surface area contributed by atoms with E-state index in [4.69, 9.17) is 4.74 Å². The van der Waals surface area contributed by atoms with E-state index in [2.05, 4.69) is 38.7 Å². The first-order valence-electron chi connectivity index (χ1n) is 8.39. The third-order valence-corrected chi connectivity index (χ3v) is 6.59. The van der Waals surface area contributed by atoms with Crippen LogP contribution in [0.5, 0.6) is 5.75 Å². The summed E-state index contributed by atoms with van der Waals surface area (Å²) in [6.07, 6.45) is 2.43. The Morgan fingerprint density at radius 3 is 2.70 bits per heavy atom. The van der Waals surface area contributed by atoms with E-state index >= 15 is 0 Å². The molecule has 1 aliphatic heterocycles. The lowest BCUT2D eigenvalue weighted by molar-refractivity contribution is -0.0568. The van der Waals surface area contributed by atoms with E-state index in [1.165, 1.54) is 11.1 Å². The molecule has 3 atom stereocenters. The first-order chi connectivity index (χ1) is 10.3. The molecule has 1 N–H and O–H groups in total. The van der Waals surface area contributed by atoms with Crippen LogP contribution in [-0.2, 0) is 16.6 Å². The molecule has 1 aromatic rings. The predicted octanol–water partition coefficient (Wildman–Crippen LogP) is 3.76. The average molecular weight is 340 g/mol. The minimum absolute atomic E-state index is 0. The van der Waals surface area contributed by atoms with Crippen molar-refractivity contribution in [1.82, 2.24) is 4.90 Å². The second-order valence-corrected chi connectivity index (χ2v) is 7.91. The second-order valence-electron chi connectivity index (χ2n) is 7.91. The molecule has 130 valence electrons. The van der Waals surface area contributed by atoms with Crippen LogP contribution in [0.15, 0.2) is 18.2 Å². The van der Waals surface area contributed by atoms with Gasteiger partial charge in [-0.3, -0.25) is 4.90 Å². The second kappa shape index (κ2) is 6.27. The molecule has 23 heavy (non-hydrogen) atoms. The Labute approximate surface area is 146 Å². The standard InChI is InChI=1S/C19H29NO2.ClH/c1-13(22-5)12-20-9-8-19(4)16-7-6-15(21)10-14(16)11-17(20)18(19,2)3;/h6-7,10,13,17,21H,8-9,11-12H2,1-5H3;1H. The summed E-state index contributed by atoms with van der Waals surface area (Å²) in [4.78, 5) is 2.60. The fraction of sp³-hybridized carbons (Fsp3) is 0.684. The van der Waals surface area contributed by atoms with Gasteiger partial charge in [0.15, 0.2) is 0 Å². The van der Waals surface area contributed by atoms with E-state index in [0.717, 1.165) is 25.9 Å². The molecule has 1 aliphatic carbocycles. The number of likely N-dealkylation sites (tertiary alicyclic amines) is 1. The number of rotatable bonds is 3. The van der Waals surface area contributed by atoms with Crippen LogP contribution in [-0.4, -0.2) is 42.4 Å². The number of aromatic hydroxyl groups is 1. The molecule has 1 fully saturated rings. The molecule has 1 aromatic carbocycles. The predicted molar refractivity (Wildman–Crippen MR) is 96.6 cm³/mol. The zero-order valence-corrected chi connectivity index (χ0v) is 15.7. The van der Waals surface area contributed by atoms with Crippen molar-refractivity contribution < 1.29 is 9.84 Å². The molecule has 3 unspecified atom stereocenters. The molecule has 1 saturated heterocycles. The first-order valence-corrected chi connectivity index (χ1v) is 8.39.